The molecule has 4 fully saturated rings. The van der Waals surface area contributed by atoms with Gasteiger partial charge in [-0.3, -0.25) is 15.0 Å². The van der Waals surface area contributed by atoms with E-state index in [4.69, 9.17) is 26.1 Å². The summed E-state index contributed by atoms with van der Waals surface area (Å²) in [4.78, 5) is 31.2. The number of hydrogen-bond donors (Lipinski definition) is 1. The number of aromatic nitrogens is 5. The average Bonchev–Trinajstić information content (AvgIpc) is 3.75. The van der Waals surface area contributed by atoms with Gasteiger partial charge in [-0.25, -0.2) is 18.0 Å². The van der Waals surface area contributed by atoms with Crippen LogP contribution >= 0.6 is 11.6 Å². The second-order valence-electron chi connectivity index (χ2n) is 14.5. The summed E-state index contributed by atoms with van der Waals surface area (Å²) in [5.74, 6) is -1.06. The molecule has 3 saturated heterocycles. The first kappa shape index (κ1) is 30.4. The number of carbonyl (C=O) groups is 1. The van der Waals surface area contributed by atoms with Crippen molar-refractivity contribution in [3.63, 3.8) is 0 Å². The number of hydrogen-bond acceptors (Lipinski definition) is 9. The van der Waals surface area contributed by atoms with Crippen LogP contribution in [0.3, 0.4) is 0 Å². The lowest BCUT2D eigenvalue weighted by Gasteiger charge is -2.54. The number of halogens is 4. The van der Waals surface area contributed by atoms with Crippen LogP contribution in [0.25, 0.3) is 33.1 Å². The van der Waals surface area contributed by atoms with Gasteiger partial charge in [0.1, 0.15) is 29.8 Å². The first-order chi connectivity index (χ1) is 23.2. The summed E-state index contributed by atoms with van der Waals surface area (Å²) in [6.07, 6.45) is 6.62. The Labute approximate surface area is 279 Å². The molecule has 1 aliphatic carbocycles. The van der Waals surface area contributed by atoms with Crippen LogP contribution in [0, 0.1) is 11.2 Å². The van der Waals surface area contributed by atoms with Gasteiger partial charge in [-0.1, -0.05) is 11.6 Å². The minimum Gasteiger partial charge on any atom is -0.463 e. The number of nitrogens with one attached hydrogen (secondary N) is 1. The van der Waals surface area contributed by atoms with Gasteiger partial charge >= 0.3 is 12.0 Å². The number of ether oxygens (including phenoxy) is 2. The third kappa shape index (κ3) is 4.67. The second kappa shape index (κ2) is 10.9. The van der Waals surface area contributed by atoms with E-state index in [1.165, 1.54) is 0 Å². The zero-order valence-electron chi connectivity index (χ0n) is 26.3. The van der Waals surface area contributed by atoms with Gasteiger partial charge in [0.25, 0.3) is 0 Å². The van der Waals surface area contributed by atoms with Crippen molar-refractivity contribution in [2.45, 2.75) is 75.2 Å². The van der Waals surface area contributed by atoms with Gasteiger partial charge in [0.15, 0.2) is 5.82 Å². The van der Waals surface area contributed by atoms with Crippen LogP contribution in [0.4, 0.5) is 19.0 Å². The van der Waals surface area contributed by atoms with Gasteiger partial charge < -0.3 is 14.4 Å². The number of esters is 1. The molecule has 1 spiro atoms. The Morgan fingerprint density at radius 3 is 2.85 bits per heavy atom. The Morgan fingerprint density at radius 1 is 1.12 bits per heavy atom. The van der Waals surface area contributed by atoms with Gasteiger partial charge in [0.2, 0.25) is 5.67 Å². The lowest BCUT2D eigenvalue weighted by atomic mass is 9.57. The monoisotopic (exact) mass is 681 g/mol. The molecule has 0 radical (unpaired) electrons. The first-order valence-corrected chi connectivity index (χ1v) is 17.2. The molecule has 252 valence electrons. The molecule has 0 unspecified atom stereocenters. The Balaban J connectivity index is 1.21. The molecule has 0 amide bonds. The molecule has 48 heavy (non-hydrogen) atoms. The summed E-state index contributed by atoms with van der Waals surface area (Å²) in [7, 11) is 0. The van der Waals surface area contributed by atoms with E-state index in [-0.39, 0.29) is 43.3 Å². The van der Waals surface area contributed by atoms with Gasteiger partial charge in [-0.15, -0.1) is 0 Å². The molecular weight excluding hydrogens is 647 g/mol. The zero-order valence-corrected chi connectivity index (χ0v) is 27.1. The second-order valence-corrected chi connectivity index (χ2v) is 14.9. The highest BCUT2D eigenvalue weighted by Gasteiger charge is 2.61. The SMILES string of the molecule is O=C1OCCCc2c(Cl)cc3[nH]ncc3c2-c2ncc3c(nc(OC[C@@]45CCCN4C[C@H](F)C5)nc3c2F)N2CCCC3(C2)CC1(F)C3. The van der Waals surface area contributed by atoms with Gasteiger partial charge in [0.05, 0.1) is 29.2 Å². The number of fused-ring (bicyclic) bond motifs is 2. The molecule has 3 aromatic heterocycles. The molecule has 9 heterocycles. The van der Waals surface area contributed by atoms with Crippen molar-refractivity contribution in [1.82, 2.24) is 30.0 Å². The predicted octanol–water partition coefficient (Wildman–Crippen LogP) is 5.89. The predicted molar refractivity (Wildman–Crippen MR) is 172 cm³/mol. The standard InChI is InChI=1S/C34H35ClF3N7O3/c35-23-10-24-21(13-40-43-24)25-20(23)4-1-9-47-30(46)34(38)15-32(16-34)5-2-7-44(17-32)29-22-12-39-28(25)26(37)27(22)41-31(42-29)48-18-33-6-3-8-45(33)14-19(36)11-33/h10,12-13,19H,1-9,11,14-18H2,(H,40,43)/t19-,32?,33+,34?/m1/s1. The largest absolute Gasteiger partial charge is 0.463 e. The molecule has 2 atom stereocenters. The van der Waals surface area contributed by atoms with Crippen molar-refractivity contribution in [1.29, 1.82) is 0 Å². The zero-order chi connectivity index (χ0) is 32.8. The van der Waals surface area contributed by atoms with Crippen molar-refractivity contribution >= 4 is 45.2 Å². The summed E-state index contributed by atoms with van der Waals surface area (Å²) in [5, 5.41) is 8.46. The topological polar surface area (TPSA) is 109 Å². The number of alkyl halides is 2. The number of piperidine rings is 1. The molecule has 1 saturated carbocycles. The third-order valence-corrected chi connectivity index (χ3v) is 11.7. The summed E-state index contributed by atoms with van der Waals surface area (Å²) >= 11 is 6.78. The molecular formula is C34H35ClF3N7O3. The van der Waals surface area contributed by atoms with Crippen molar-refractivity contribution in [3.8, 4) is 17.3 Å². The summed E-state index contributed by atoms with van der Waals surface area (Å²) in [6, 6.07) is 1.71. The molecule has 7 bridgehead atoms. The Bertz CT molecular complexity index is 1970. The number of rotatable bonds is 3. The lowest BCUT2D eigenvalue weighted by Crippen LogP contribution is -2.60. The third-order valence-electron chi connectivity index (χ3n) is 11.4. The molecule has 7 aliphatic rings. The van der Waals surface area contributed by atoms with Crippen LogP contribution in [0.2, 0.25) is 5.02 Å². The number of pyridine rings is 1. The van der Waals surface area contributed by atoms with Crippen molar-refractivity contribution < 1.29 is 27.4 Å². The fraction of sp³-hybridized carbons (Fsp3) is 0.559. The van der Waals surface area contributed by atoms with Crippen molar-refractivity contribution in [2.24, 2.45) is 5.41 Å². The van der Waals surface area contributed by atoms with E-state index in [1.54, 1.807) is 18.5 Å². The van der Waals surface area contributed by atoms with Crippen LogP contribution in [-0.4, -0.2) is 92.8 Å². The van der Waals surface area contributed by atoms with Gasteiger partial charge in [0, 0.05) is 48.2 Å². The number of anilines is 1. The number of aromatic amines is 1. The van der Waals surface area contributed by atoms with E-state index in [2.05, 4.69) is 25.1 Å². The van der Waals surface area contributed by atoms with E-state index in [1.807, 2.05) is 4.90 Å². The van der Waals surface area contributed by atoms with Crippen LogP contribution in [-0.2, 0) is 16.0 Å². The van der Waals surface area contributed by atoms with Crippen LogP contribution in [0.1, 0.15) is 56.9 Å². The summed E-state index contributed by atoms with van der Waals surface area (Å²) < 4.78 is 59.3. The number of H-pyrrole nitrogens is 1. The maximum absolute atomic E-state index is 17.1. The van der Waals surface area contributed by atoms with Gasteiger partial charge in [-0.2, -0.15) is 15.1 Å². The highest BCUT2D eigenvalue weighted by molar-refractivity contribution is 6.33. The average molecular weight is 682 g/mol. The van der Waals surface area contributed by atoms with E-state index >= 15 is 8.78 Å². The van der Waals surface area contributed by atoms with Gasteiger partial charge in [-0.05, 0) is 75.0 Å². The minimum absolute atomic E-state index is 0.00715. The lowest BCUT2D eigenvalue weighted by molar-refractivity contribution is -0.177. The fourth-order valence-corrected chi connectivity index (χ4v) is 9.57. The highest BCUT2D eigenvalue weighted by Crippen LogP contribution is 2.56. The fourth-order valence-electron chi connectivity index (χ4n) is 9.27. The number of nitrogens with zero attached hydrogens (tertiary/aromatic N) is 6. The smallest absolute Gasteiger partial charge is 0.343 e. The maximum atomic E-state index is 17.1. The van der Waals surface area contributed by atoms with Crippen molar-refractivity contribution in [3.05, 3.63) is 34.9 Å². The molecule has 1 N–H and O–H groups in total. The van der Waals surface area contributed by atoms with E-state index < -0.39 is 34.6 Å². The van der Waals surface area contributed by atoms with Crippen LogP contribution in [0.15, 0.2) is 18.5 Å². The normalized spacial score (nSPS) is 30.4. The first-order valence-electron chi connectivity index (χ1n) is 16.8. The highest BCUT2D eigenvalue weighted by atomic mass is 35.5. The number of carbonyl (C=O) groups excluding carboxylic acids is 1. The van der Waals surface area contributed by atoms with E-state index in [0.717, 1.165) is 32.2 Å². The van der Waals surface area contributed by atoms with Crippen molar-refractivity contribution in [2.75, 3.05) is 44.3 Å². The molecule has 6 aliphatic heterocycles. The Hall–Kier alpha value is -3.71. The molecule has 10 nitrogen and oxygen atoms in total. The molecule has 4 aromatic rings. The Kier molecular flexibility index (Phi) is 6.89. The quantitative estimate of drug-likeness (QED) is 0.265. The van der Waals surface area contributed by atoms with E-state index in [0.29, 0.717) is 77.2 Å². The van der Waals surface area contributed by atoms with Crippen LogP contribution < -0.4 is 9.64 Å². The maximum Gasteiger partial charge on any atom is 0.343 e. The number of benzene rings is 1. The molecule has 1 aromatic carbocycles. The summed E-state index contributed by atoms with van der Waals surface area (Å²) in [6.45, 7) is 2.38. The Morgan fingerprint density at radius 2 is 1.98 bits per heavy atom. The molecule has 14 heteroatoms. The van der Waals surface area contributed by atoms with Crippen LogP contribution in [0.5, 0.6) is 6.01 Å². The van der Waals surface area contributed by atoms with E-state index in [9.17, 15) is 9.18 Å². The molecule has 11 rings (SSSR count). The summed E-state index contributed by atoms with van der Waals surface area (Å²) in [5.41, 5.74) is -1.23. The minimum atomic E-state index is -2.05.